The van der Waals surface area contributed by atoms with Gasteiger partial charge in [0.2, 0.25) is 0 Å². The Hall–Kier alpha value is -0.180. The highest BCUT2D eigenvalue weighted by Gasteiger charge is 2.26. The van der Waals surface area contributed by atoms with E-state index in [1.165, 1.54) is 0 Å². The maximum absolute atomic E-state index is 10.8. The molecule has 1 fully saturated rings. The van der Waals surface area contributed by atoms with E-state index in [0.717, 1.165) is 12.8 Å². The van der Waals surface area contributed by atoms with Crippen molar-refractivity contribution >= 4 is 16.6 Å². The summed E-state index contributed by atoms with van der Waals surface area (Å²) in [6, 6.07) is 0. The first-order chi connectivity index (χ1) is 4.22. The third-order valence-corrected chi connectivity index (χ3v) is 2.95. The predicted octanol–water partition coefficient (Wildman–Crippen LogP) is 0.487. The SMILES string of the molecule is C[S@@](=O)C1CCCC1=O. The van der Waals surface area contributed by atoms with E-state index in [1.807, 2.05) is 0 Å². The van der Waals surface area contributed by atoms with Crippen molar-refractivity contribution < 1.29 is 9.00 Å². The van der Waals surface area contributed by atoms with Crippen molar-refractivity contribution in [3.8, 4) is 0 Å². The van der Waals surface area contributed by atoms with Gasteiger partial charge in [0, 0.05) is 23.5 Å². The highest BCUT2D eigenvalue weighted by Crippen LogP contribution is 2.18. The summed E-state index contributed by atoms with van der Waals surface area (Å²) in [4.78, 5) is 10.8. The van der Waals surface area contributed by atoms with Crippen molar-refractivity contribution in [1.82, 2.24) is 0 Å². The first-order valence-electron chi connectivity index (χ1n) is 3.07. The van der Waals surface area contributed by atoms with Gasteiger partial charge in [0.15, 0.2) is 0 Å². The molecule has 0 radical (unpaired) electrons. The summed E-state index contributed by atoms with van der Waals surface area (Å²) >= 11 is 0. The maximum atomic E-state index is 10.8. The van der Waals surface area contributed by atoms with Crippen LogP contribution in [0.2, 0.25) is 0 Å². The minimum Gasteiger partial charge on any atom is -0.298 e. The van der Waals surface area contributed by atoms with E-state index in [4.69, 9.17) is 0 Å². The minimum absolute atomic E-state index is 0.134. The van der Waals surface area contributed by atoms with Crippen LogP contribution in [0.4, 0.5) is 0 Å². The van der Waals surface area contributed by atoms with E-state index in [-0.39, 0.29) is 11.0 Å². The number of hydrogen-bond acceptors (Lipinski definition) is 2. The van der Waals surface area contributed by atoms with E-state index in [0.29, 0.717) is 6.42 Å². The molecule has 0 N–H and O–H groups in total. The van der Waals surface area contributed by atoms with E-state index < -0.39 is 10.8 Å². The quantitative estimate of drug-likeness (QED) is 0.539. The minimum atomic E-state index is -0.921. The number of carbonyl (C=O) groups excluding carboxylic acids is 1. The molecule has 0 aromatic carbocycles. The van der Waals surface area contributed by atoms with Crippen molar-refractivity contribution in [3.63, 3.8) is 0 Å². The van der Waals surface area contributed by atoms with E-state index in [1.54, 1.807) is 6.26 Å². The molecule has 1 rings (SSSR count). The van der Waals surface area contributed by atoms with E-state index in [2.05, 4.69) is 0 Å². The number of ketones is 1. The van der Waals surface area contributed by atoms with Gasteiger partial charge in [-0.2, -0.15) is 0 Å². The third-order valence-electron chi connectivity index (χ3n) is 1.65. The molecule has 0 aromatic heterocycles. The molecule has 0 amide bonds. The maximum Gasteiger partial charge on any atom is 0.148 e. The van der Waals surface area contributed by atoms with Crippen molar-refractivity contribution in [2.24, 2.45) is 0 Å². The van der Waals surface area contributed by atoms with Gasteiger partial charge in [0.05, 0.1) is 5.25 Å². The zero-order chi connectivity index (χ0) is 6.85. The van der Waals surface area contributed by atoms with Crippen molar-refractivity contribution in [2.45, 2.75) is 24.5 Å². The Morgan fingerprint density at radius 2 is 2.33 bits per heavy atom. The summed E-state index contributed by atoms with van der Waals surface area (Å²) in [5, 5.41) is -0.134. The van der Waals surface area contributed by atoms with Crippen LogP contribution in [0.5, 0.6) is 0 Å². The fourth-order valence-electron chi connectivity index (χ4n) is 1.13. The Morgan fingerprint density at radius 3 is 2.56 bits per heavy atom. The third kappa shape index (κ3) is 1.39. The largest absolute Gasteiger partial charge is 0.298 e. The average Bonchev–Trinajstić information content (AvgIpc) is 2.13. The average molecular weight is 146 g/mol. The van der Waals surface area contributed by atoms with Gasteiger partial charge in [0.25, 0.3) is 0 Å². The summed E-state index contributed by atoms with van der Waals surface area (Å²) in [5.74, 6) is 0.191. The molecule has 2 atom stereocenters. The summed E-state index contributed by atoms with van der Waals surface area (Å²) in [5.41, 5.74) is 0. The Balaban J connectivity index is 2.60. The Morgan fingerprint density at radius 1 is 1.67 bits per heavy atom. The summed E-state index contributed by atoms with van der Waals surface area (Å²) < 4.78 is 10.7. The van der Waals surface area contributed by atoms with Crippen molar-refractivity contribution in [2.75, 3.05) is 6.26 Å². The van der Waals surface area contributed by atoms with Gasteiger partial charge in [-0.3, -0.25) is 9.00 Å². The standard InChI is InChI=1S/C6H10O2S/c1-9(8)6-4-2-3-5(6)7/h6H,2-4H2,1H3/t6?,9-/m1/s1. The van der Waals surface area contributed by atoms with Crippen LogP contribution in [0.3, 0.4) is 0 Å². The van der Waals surface area contributed by atoms with Crippen LogP contribution in [-0.4, -0.2) is 21.5 Å². The summed E-state index contributed by atoms with van der Waals surface area (Å²) in [6.07, 6.45) is 4.02. The summed E-state index contributed by atoms with van der Waals surface area (Å²) in [6.45, 7) is 0. The number of Topliss-reactive ketones (excluding diaryl/α,β-unsaturated/α-hetero) is 1. The Kier molecular flexibility index (Phi) is 2.01. The van der Waals surface area contributed by atoms with Crippen molar-refractivity contribution in [3.05, 3.63) is 0 Å². The molecule has 0 aromatic rings. The molecule has 0 heterocycles. The molecule has 1 unspecified atom stereocenters. The highest BCUT2D eigenvalue weighted by atomic mass is 32.2. The first-order valence-corrected chi connectivity index (χ1v) is 4.69. The van der Waals surface area contributed by atoms with Gasteiger partial charge in [-0.25, -0.2) is 0 Å². The molecule has 0 aliphatic heterocycles. The molecule has 3 heteroatoms. The molecule has 0 saturated heterocycles. The molecule has 0 bridgehead atoms. The monoisotopic (exact) mass is 146 g/mol. The topological polar surface area (TPSA) is 34.1 Å². The van der Waals surface area contributed by atoms with E-state index >= 15 is 0 Å². The predicted molar refractivity (Wildman–Crippen MR) is 36.7 cm³/mol. The number of rotatable bonds is 1. The van der Waals surface area contributed by atoms with Crippen LogP contribution in [0, 0.1) is 0 Å². The van der Waals surface area contributed by atoms with E-state index in [9.17, 15) is 9.00 Å². The zero-order valence-electron chi connectivity index (χ0n) is 5.42. The normalized spacial score (nSPS) is 30.8. The number of carbonyl (C=O) groups is 1. The Bertz CT molecular complexity index is 153. The van der Waals surface area contributed by atoms with Gasteiger partial charge in [0.1, 0.15) is 5.78 Å². The van der Waals surface area contributed by atoms with Crippen LogP contribution in [-0.2, 0) is 15.6 Å². The first kappa shape index (κ1) is 6.93. The molecule has 1 aliphatic rings. The number of hydrogen-bond donors (Lipinski definition) is 0. The highest BCUT2D eigenvalue weighted by molar-refractivity contribution is 7.85. The second kappa shape index (κ2) is 2.60. The fraction of sp³-hybridized carbons (Fsp3) is 0.833. The molecule has 9 heavy (non-hydrogen) atoms. The Labute approximate surface area is 57.1 Å². The lowest BCUT2D eigenvalue weighted by atomic mass is 10.3. The molecular weight excluding hydrogens is 136 g/mol. The lowest BCUT2D eigenvalue weighted by Crippen LogP contribution is -2.18. The van der Waals surface area contributed by atoms with Crippen LogP contribution < -0.4 is 0 Å². The lowest BCUT2D eigenvalue weighted by molar-refractivity contribution is -0.117. The molecular formula is C6H10O2S. The zero-order valence-corrected chi connectivity index (χ0v) is 6.24. The molecule has 1 aliphatic carbocycles. The molecule has 0 spiro atoms. The van der Waals surface area contributed by atoms with Crippen LogP contribution >= 0.6 is 0 Å². The van der Waals surface area contributed by atoms with Crippen LogP contribution in [0.25, 0.3) is 0 Å². The molecule has 1 saturated carbocycles. The van der Waals surface area contributed by atoms with Gasteiger partial charge < -0.3 is 0 Å². The van der Waals surface area contributed by atoms with Crippen molar-refractivity contribution in [1.29, 1.82) is 0 Å². The van der Waals surface area contributed by atoms with Gasteiger partial charge in [-0.05, 0) is 12.8 Å². The van der Waals surface area contributed by atoms with Gasteiger partial charge in [-0.15, -0.1) is 0 Å². The van der Waals surface area contributed by atoms with Crippen LogP contribution in [0.15, 0.2) is 0 Å². The molecule has 52 valence electrons. The van der Waals surface area contributed by atoms with Gasteiger partial charge in [-0.1, -0.05) is 0 Å². The fourth-order valence-corrected chi connectivity index (χ4v) is 2.12. The molecule has 2 nitrogen and oxygen atoms in total. The summed E-state index contributed by atoms with van der Waals surface area (Å²) in [7, 11) is -0.921. The van der Waals surface area contributed by atoms with Gasteiger partial charge >= 0.3 is 0 Å². The second-order valence-electron chi connectivity index (χ2n) is 2.35. The van der Waals surface area contributed by atoms with Crippen LogP contribution in [0.1, 0.15) is 19.3 Å². The lowest BCUT2D eigenvalue weighted by Gasteiger charge is -1.99. The smallest absolute Gasteiger partial charge is 0.148 e. The second-order valence-corrected chi connectivity index (χ2v) is 3.91.